The van der Waals surface area contributed by atoms with Crippen molar-refractivity contribution >= 4 is 0 Å². The van der Waals surface area contributed by atoms with Gasteiger partial charge in [0.15, 0.2) is 0 Å². The second-order valence-corrected chi connectivity index (χ2v) is 4.81. The number of pyridine rings is 1. The van der Waals surface area contributed by atoms with Gasteiger partial charge in [0.05, 0.1) is 18.1 Å². The number of rotatable bonds is 3. The molecule has 0 saturated carbocycles. The maximum absolute atomic E-state index is 13.0. The third-order valence-electron chi connectivity index (χ3n) is 3.04. The highest BCUT2D eigenvalue weighted by atomic mass is 19.1. The van der Waals surface area contributed by atoms with Crippen molar-refractivity contribution in [3.8, 4) is 22.5 Å². The van der Waals surface area contributed by atoms with E-state index in [0.717, 1.165) is 16.8 Å². The number of nitrogens with one attached hydrogen (secondary N) is 1. The van der Waals surface area contributed by atoms with Crippen molar-refractivity contribution < 1.29 is 4.39 Å². The summed E-state index contributed by atoms with van der Waals surface area (Å²) in [7, 11) is 0. The smallest absolute Gasteiger partial charge is 0.141 e. The summed E-state index contributed by atoms with van der Waals surface area (Å²) < 4.78 is 14.9. The van der Waals surface area contributed by atoms with Gasteiger partial charge in [-0.25, -0.2) is 4.39 Å². The number of hydrogen-bond acceptors (Lipinski definition) is 3. The zero-order valence-electron chi connectivity index (χ0n) is 11.2. The number of aromatic nitrogens is 5. The molecule has 0 fully saturated rings. The lowest BCUT2D eigenvalue weighted by Crippen LogP contribution is -2.00. The lowest BCUT2D eigenvalue weighted by atomic mass is 10.1. The van der Waals surface area contributed by atoms with Crippen LogP contribution in [0.25, 0.3) is 22.5 Å². The Kier molecular flexibility index (Phi) is 3.06. The predicted octanol–water partition coefficient (Wildman–Crippen LogP) is 3.06. The maximum Gasteiger partial charge on any atom is 0.141 e. The number of aromatic amines is 1. The third-order valence-corrected chi connectivity index (χ3v) is 3.04. The molecule has 0 radical (unpaired) electrons. The van der Waals surface area contributed by atoms with Gasteiger partial charge < -0.3 is 0 Å². The second-order valence-electron chi connectivity index (χ2n) is 4.81. The topological polar surface area (TPSA) is 59.4 Å². The summed E-state index contributed by atoms with van der Waals surface area (Å²) in [5, 5.41) is 11.3. The van der Waals surface area contributed by atoms with Crippen LogP contribution >= 0.6 is 0 Å². The van der Waals surface area contributed by atoms with Crippen molar-refractivity contribution in [2.24, 2.45) is 0 Å². The van der Waals surface area contributed by atoms with E-state index in [1.165, 1.54) is 12.3 Å². The van der Waals surface area contributed by atoms with Crippen LogP contribution < -0.4 is 0 Å². The summed E-state index contributed by atoms with van der Waals surface area (Å²) in [6.07, 6.45) is 6.68. The molecule has 0 saturated heterocycles. The van der Waals surface area contributed by atoms with Crippen molar-refractivity contribution in [1.82, 2.24) is 25.0 Å². The van der Waals surface area contributed by atoms with E-state index >= 15 is 0 Å². The number of halogens is 1. The van der Waals surface area contributed by atoms with Crippen LogP contribution in [0, 0.1) is 5.82 Å². The average Bonchev–Trinajstić information content (AvgIpc) is 3.08. The molecule has 0 aliphatic heterocycles. The highest BCUT2D eigenvalue weighted by Crippen LogP contribution is 2.30. The molecule has 20 heavy (non-hydrogen) atoms. The fourth-order valence-corrected chi connectivity index (χ4v) is 1.97. The molecule has 0 aliphatic carbocycles. The van der Waals surface area contributed by atoms with Crippen molar-refractivity contribution in [2.45, 2.75) is 19.9 Å². The van der Waals surface area contributed by atoms with E-state index in [9.17, 15) is 4.39 Å². The van der Waals surface area contributed by atoms with Crippen LogP contribution in [0.1, 0.15) is 19.9 Å². The minimum Gasteiger partial charge on any atom is -0.285 e. The van der Waals surface area contributed by atoms with Gasteiger partial charge in [-0.1, -0.05) is 0 Å². The Morgan fingerprint density at radius 3 is 2.70 bits per heavy atom. The van der Waals surface area contributed by atoms with Gasteiger partial charge in [0, 0.05) is 29.6 Å². The zero-order valence-corrected chi connectivity index (χ0v) is 11.2. The van der Waals surface area contributed by atoms with Crippen LogP contribution in [-0.2, 0) is 0 Å². The molecule has 3 aromatic rings. The molecular weight excluding hydrogens is 257 g/mol. The molecule has 0 amide bonds. The van der Waals surface area contributed by atoms with E-state index in [-0.39, 0.29) is 11.9 Å². The van der Waals surface area contributed by atoms with E-state index in [4.69, 9.17) is 0 Å². The molecule has 0 atom stereocenters. The van der Waals surface area contributed by atoms with Crippen LogP contribution in [0.15, 0.2) is 36.9 Å². The first kappa shape index (κ1) is 12.5. The molecule has 0 aromatic carbocycles. The van der Waals surface area contributed by atoms with Gasteiger partial charge in [0.1, 0.15) is 11.5 Å². The Hall–Kier alpha value is -2.50. The number of H-pyrrole nitrogens is 1. The largest absolute Gasteiger partial charge is 0.285 e. The molecule has 0 bridgehead atoms. The summed E-state index contributed by atoms with van der Waals surface area (Å²) in [5.41, 5.74) is 3.21. The van der Waals surface area contributed by atoms with Gasteiger partial charge in [0.2, 0.25) is 0 Å². The van der Waals surface area contributed by atoms with E-state index < -0.39 is 0 Å². The summed E-state index contributed by atoms with van der Waals surface area (Å²) in [6.45, 7) is 4.10. The maximum atomic E-state index is 13.0. The van der Waals surface area contributed by atoms with Crippen molar-refractivity contribution in [1.29, 1.82) is 0 Å². The standard InChI is InChI=1S/C14H14FN5/c1-9(2)20-8-12(10-5-17-18-6-10)14(19-20)13-4-3-11(15)7-16-13/h3-9H,1-2H3,(H,17,18). The Labute approximate surface area is 115 Å². The first-order chi connectivity index (χ1) is 9.65. The summed E-state index contributed by atoms with van der Waals surface area (Å²) >= 11 is 0. The van der Waals surface area contributed by atoms with Crippen LogP contribution in [0.4, 0.5) is 4.39 Å². The lowest BCUT2D eigenvalue weighted by molar-refractivity contribution is 0.534. The molecule has 3 rings (SSSR count). The third kappa shape index (κ3) is 2.20. The quantitative estimate of drug-likeness (QED) is 0.796. The Bertz CT molecular complexity index is 698. The van der Waals surface area contributed by atoms with E-state index in [0.29, 0.717) is 5.69 Å². The van der Waals surface area contributed by atoms with Crippen LogP contribution in [0.3, 0.4) is 0 Å². The lowest BCUT2D eigenvalue weighted by Gasteiger charge is -2.03. The minimum atomic E-state index is -0.359. The fourth-order valence-electron chi connectivity index (χ4n) is 1.97. The van der Waals surface area contributed by atoms with Crippen LogP contribution in [-0.4, -0.2) is 25.0 Å². The van der Waals surface area contributed by atoms with Crippen molar-refractivity contribution in [2.75, 3.05) is 0 Å². The summed E-state index contributed by atoms with van der Waals surface area (Å²) in [4.78, 5) is 4.11. The van der Waals surface area contributed by atoms with Gasteiger partial charge >= 0.3 is 0 Å². The highest BCUT2D eigenvalue weighted by molar-refractivity contribution is 5.78. The van der Waals surface area contributed by atoms with Crippen LogP contribution in [0.5, 0.6) is 0 Å². The van der Waals surface area contributed by atoms with Gasteiger partial charge in [-0.3, -0.25) is 14.8 Å². The van der Waals surface area contributed by atoms with Crippen molar-refractivity contribution in [3.63, 3.8) is 0 Å². The molecule has 3 heterocycles. The van der Waals surface area contributed by atoms with Crippen LogP contribution in [0.2, 0.25) is 0 Å². The molecule has 0 spiro atoms. The average molecular weight is 271 g/mol. The molecule has 1 N–H and O–H groups in total. The van der Waals surface area contributed by atoms with Crippen molar-refractivity contribution in [3.05, 3.63) is 42.7 Å². The SMILES string of the molecule is CC(C)n1cc(-c2cn[nH]c2)c(-c2ccc(F)cn2)n1. The molecule has 102 valence electrons. The van der Waals surface area contributed by atoms with Gasteiger partial charge in [-0.2, -0.15) is 10.2 Å². The first-order valence-electron chi connectivity index (χ1n) is 6.35. The summed E-state index contributed by atoms with van der Waals surface area (Å²) in [5.74, 6) is -0.359. The Morgan fingerprint density at radius 1 is 1.25 bits per heavy atom. The monoisotopic (exact) mass is 271 g/mol. The second kappa shape index (κ2) is 4.88. The number of nitrogens with zero attached hydrogens (tertiary/aromatic N) is 4. The summed E-state index contributed by atoms with van der Waals surface area (Å²) in [6, 6.07) is 3.25. The molecule has 6 heteroatoms. The predicted molar refractivity (Wildman–Crippen MR) is 73.4 cm³/mol. The van der Waals surface area contributed by atoms with Gasteiger partial charge in [-0.05, 0) is 26.0 Å². The highest BCUT2D eigenvalue weighted by Gasteiger charge is 2.16. The van der Waals surface area contributed by atoms with Gasteiger partial charge in [0.25, 0.3) is 0 Å². The molecule has 5 nitrogen and oxygen atoms in total. The molecule has 3 aromatic heterocycles. The molecule has 0 unspecified atom stereocenters. The Morgan fingerprint density at radius 2 is 2.10 bits per heavy atom. The fraction of sp³-hybridized carbons (Fsp3) is 0.214. The first-order valence-corrected chi connectivity index (χ1v) is 6.35. The molecule has 0 aliphatic rings. The normalized spacial score (nSPS) is 11.2. The molecular formula is C14H14FN5. The Balaban J connectivity index is 2.15. The number of hydrogen-bond donors (Lipinski definition) is 1. The van der Waals surface area contributed by atoms with E-state index in [1.54, 1.807) is 18.5 Å². The minimum absolute atomic E-state index is 0.231. The zero-order chi connectivity index (χ0) is 14.1. The van der Waals surface area contributed by atoms with E-state index in [1.807, 2.05) is 24.7 Å². The van der Waals surface area contributed by atoms with Gasteiger partial charge in [-0.15, -0.1) is 0 Å². The van der Waals surface area contributed by atoms with E-state index in [2.05, 4.69) is 20.3 Å².